The summed E-state index contributed by atoms with van der Waals surface area (Å²) in [4.78, 5) is 29.7. The molecular weight excluding hydrogens is 626 g/mol. The summed E-state index contributed by atoms with van der Waals surface area (Å²) in [5, 5.41) is 2.96. The second-order valence-corrected chi connectivity index (χ2v) is 13.1. The predicted molar refractivity (Wildman–Crippen MR) is 174 cm³/mol. The highest BCUT2D eigenvalue weighted by molar-refractivity contribution is 9.10. The third-order valence-corrected chi connectivity index (χ3v) is 9.24. The maximum Gasteiger partial charge on any atom is 0.264 e. The number of anilines is 1. The Kier molecular flexibility index (Phi) is 11.1. The summed E-state index contributed by atoms with van der Waals surface area (Å²) in [6, 6.07) is 31.3. The Bertz CT molecular complexity index is 1630. The number of nitrogens with one attached hydrogen (secondary N) is 1. The zero-order valence-corrected chi connectivity index (χ0v) is 26.7. The van der Waals surface area contributed by atoms with Gasteiger partial charge in [0.1, 0.15) is 12.6 Å². The molecule has 0 heterocycles. The summed E-state index contributed by atoms with van der Waals surface area (Å²) in [6.45, 7) is 4.03. The highest BCUT2D eigenvalue weighted by Gasteiger charge is 2.34. The van der Waals surface area contributed by atoms with Crippen LogP contribution in [0.2, 0.25) is 0 Å². The van der Waals surface area contributed by atoms with Crippen LogP contribution in [0.5, 0.6) is 0 Å². The van der Waals surface area contributed by atoms with Crippen molar-refractivity contribution in [3.63, 3.8) is 0 Å². The summed E-state index contributed by atoms with van der Waals surface area (Å²) in [6.07, 6.45) is 1.01. The fraction of sp³-hybridized carbons (Fsp3) is 0.235. The maximum atomic E-state index is 14.4. The van der Waals surface area contributed by atoms with Crippen molar-refractivity contribution < 1.29 is 18.0 Å². The molecule has 4 aromatic carbocycles. The van der Waals surface area contributed by atoms with Crippen molar-refractivity contribution in [3.8, 4) is 0 Å². The lowest BCUT2D eigenvalue weighted by Crippen LogP contribution is -2.53. The molecule has 7 nitrogen and oxygen atoms in total. The Hall–Kier alpha value is -3.95. The van der Waals surface area contributed by atoms with Crippen LogP contribution < -0.4 is 9.62 Å². The van der Waals surface area contributed by atoms with Gasteiger partial charge in [0.15, 0.2) is 0 Å². The van der Waals surface area contributed by atoms with Gasteiger partial charge < -0.3 is 10.2 Å². The summed E-state index contributed by atoms with van der Waals surface area (Å²) >= 11 is 3.43. The molecule has 9 heteroatoms. The molecule has 0 fully saturated rings. The van der Waals surface area contributed by atoms with Gasteiger partial charge in [-0.05, 0) is 54.8 Å². The summed E-state index contributed by atoms with van der Waals surface area (Å²) in [7, 11) is -4.13. The highest BCUT2D eigenvalue weighted by Crippen LogP contribution is 2.27. The van der Waals surface area contributed by atoms with Crippen molar-refractivity contribution in [2.75, 3.05) is 17.4 Å². The third kappa shape index (κ3) is 8.55. The highest BCUT2D eigenvalue weighted by atomic mass is 79.9. The van der Waals surface area contributed by atoms with Gasteiger partial charge in [-0.25, -0.2) is 8.42 Å². The van der Waals surface area contributed by atoms with Crippen LogP contribution >= 0.6 is 15.9 Å². The molecule has 0 aromatic heterocycles. The van der Waals surface area contributed by atoms with Gasteiger partial charge in [0.2, 0.25) is 11.8 Å². The number of benzene rings is 4. The van der Waals surface area contributed by atoms with Gasteiger partial charge in [0.25, 0.3) is 10.0 Å². The van der Waals surface area contributed by atoms with Gasteiger partial charge >= 0.3 is 0 Å². The van der Waals surface area contributed by atoms with Gasteiger partial charge in [0.05, 0.1) is 10.6 Å². The first-order chi connectivity index (χ1) is 20.7. The van der Waals surface area contributed by atoms with E-state index in [1.165, 1.54) is 17.0 Å². The van der Waals surface area contributed by atoms with Crippen molar-refractivity contribution in [2.45, 2.75) is 44.2 Å². The maximum absolute atomic E-state index is 14.4. The van der Waals surface area contributed by atoms with E-state index in [0.717, 1.165) is 27.4 Å². The van der Waals surface area contributed by atoms with Gasteiger partial charge in [-0.15, -0.1) is 0 Å². The van der Waals surface area contributed by atoms with E-state index in [4.69, 9.17) is 0 Å². The van der Waals surface area contributed by atoms with E-state index in [1.807, 2.05) is 68.4 Å². The second kappa shape index (κ2) is 15.0. The quantitative estimate of drug-likeness (QED) is 0.187. The first-order valence-corrected chi connectivity index (χ1v) is 16.4. The van der Waals surface area contributed by atoms with E-state index in [1.54, 1.807) is 42.5 Å². The van der Waals surface area contributed by atoms with Gasteiger partial charge in [-0.1, -0.05) is 107 Å². The summed E-state index contributed by atoms with van der Waals surface area (Å²) < 4.78 is 29.8. The SMILES string of the molecule is CCCNC(=O)[C@@H](Cc1ccccc1)N(Cc1cccc(C)c1)C(=O)CN(c1cccc(Br)c1)S(=O)(=O)c1ccccc1. The molecule has 0 unspecified atom stereocenters. The number of amides is 2. The van der Waals surface area contributed by atoms with E-state index in [0.29, 0.717) is 16.7 Å². The lowest BCUT2D eigenvalue weighted by atomic mass is 10.0. The molecule has 0 saturated carbocycles. The lowest BCUT2D eigenvalue weighted by Gasteiger charge is -2.34. The molecule has 1 atom stereocenters. The van der Waals surface area contributed by atoms with Crippen molar-refractivity contribution in [1.82, 2.24) is 10.2 Å². The zero-order chi connectivity index (χ0) is 30.8. The second-order valence-electron chi connectivity index (χ2n) is 10.3. The molecule has 0 aliphatic heterocycles. The molecule has 0 aliphatic carbocycles. The van der Waals surface area contributed by atoms with E-state index in [2.05, 4.69) is 21.2 Å². The van der Waals surface area contributed by atoms with E-state index in [-0.39, 0.29) is 23.8 Å². The number of sulfonamides is 1. The normalized spacial score (nSPS) is 11.9. The number of carbonyl (C=O) groups excluding carboxylic acids is 2. The molecule has 2 amide bonds. The topological polar surface area (TPSA) is 86.8 Å². The fourth-order valence-corrected chi connectivity index (χ4v) is 6.62. The summed E-state index contributed by atoms with van der Waals surface area (Å²) in [5.74, 6) is -0.778. The molecule has 224 valence electrons. The van der Waals surface area contributed by atoms with Crippen molar-refractivity contribution in [1.29, 1.82) is 0 Å². The van der Waals surface area contributed by atoms with Crippen LogP contribution in [0, 0.1) is 6.92 Å². The number of nitrogens with zero attached hydrogens (tertiary/aromatic N) is 2. The molecule has 0 saturated heterocycles. The predicted octanol–water partition coefficient (Wildman–Crippen LogP) is 6.12. The van der Waals surface area contributed by atoms with E-state index in [9.17, 15) is 18.0 Å². The van der Waals surface area contributed by atoms with Crippen LogP contribution in [0.15, 0.2) is 119 Å². The van der Waals surface area contributed by atoms with E-state index >= 15 is 0 Å². The number of rotatable bonds is 13. The monoisotopic (exact) mass is 661 g/mol. The minimum absolute atomic E-state index is 0.0644. The fourth-order valence-electron chi connectivity index (χ4n) is 4.81. The third-order valence-electron chi connectivity index (χ3n) is 6.96. The molecule has 43 heavy (non-hydrogen) atoms. The molecule has 4 aromatic rings. The van der Waals surface area contributed by atoms with Gasteiger partial charge in [-0.2, -0.15) is 0 Å². The minimum atomic E-state index is -4.13. The first kappa shape index (κ1) is 32.0. The molecule has 4 rings (SSSR count). The molecular formula is C34H36BrN3O4S. The average molecular weight is 663 g/mol. The van der Waals surface area contributed by atoms with Gasteiger partial charge in [0, 0.05) is 24.0 Å². The first-order valence-electron chi connectivity index (χ1n) is 14.2. The Balaban J connectivity index is 1.79. The standard InChI is InChI=1S/C34H36BrN3O4S/c1-3-20-36-34(40)32(22-27-13-6-4-7-14-27)37(24-28-15-10-12-26(2)21-28)33(39)25-38(30-17-11-16-29(35)23-30)43(41,42)31-18-8-5-9-19-31/h4-19,21,23,32H,3,20,22,24-25H2,1-2H3,(H,36,40)/t32-/m1/s1. The lowest BCUT2D eigenvalue weighted by molar-refractivity contribution is -0.140. The molecule has 0 aliphatic rings. The van der Waals surface area contributed by atoms with Crippen LogP contribution in [0.3, 0.4) is 0 Å². The number of halogens is 1. The average Bonchev–Trinajstić information content (AvgIpc) is 3.01. The van der Waals surface area contributed by atoms with Crippen molar-refractivity contribution >= 4 is 43.5 Å². The van der Waals surface area contributed by atoms with E-state index < -0.39 is 28.5 Å². The van der Waals surface area contributed by atoms with Crippen LogP contribution in [0.25, 0.3) is 0 Å². The Morgan fingerprint density at radius 3 is 2.14 bits per heavy atom. The molecule has 0 radical (unpaired) electrons. The van der Waals surface area contributed by atoms with Crippen LogP contribution in [-0.2, 0) is 32.6 Å². The molecule has 0 bridgehead atoms. The Morgan fingerprint density at radius 1 is 0.837 bits per heavy atom. The van der Waals surface area contributed by atoms with Gasteiger partial charge in [-0.3, -0.25) is 13.9 Å². The number of hydrogen-bond acceptors (Lipinski definition) is 4. The Labute approximate surface area is 262 Å². The smallest absolute Gasteiger partial charge is 0.264 e. The molecule has 1 N–H and O–H groups in total. The molecule has 0 spiro atoms. The minimum Gasteiger partial charge on any atom is -0.354 e. The van der Waals surface area contributed by atoms with Crippen molar-refractivity contribution in [3.05, 3.63) is 130 Å². The largest absolute Gasteiger partial charge is 0.354 e. The number of aryl methyl sites for hydroxylation is 1. The number of carbonyl (C=O) groups is 2. The zero-order valence-electron chi connectivity index (χ0n) is 24.3. The van der Waals surface area contributed by atoms with Crippen LogP contribution in [0.4, 0.5) is 5.69 Å². The summed E-state index contributed by atoms with van der Waals surface area (Å²) in [5.41, 5.74) is 3.08. The Morgan fingerprint density at radius 2 is 1.49 bits per heavy atom. The van der Waals surface area contributed by atoms with Crippen LogP contribution in [0.1, 0.15) is 30.0 Å². The number of hydrogen-bond donors (Lipinski definition) is 1. The van der Waals surface area contributed by atoms with Crippen LogP contribution in [-0.4, -0.2) is 44.3 Å². The van der Waals surface area contributed by atoms with Crippen molar-refractivity contribution in [2.24, 2.45) is 0 Å².